The predicted octanol–water partition coefficient (Wildman–Crippen LogP) is 5.38. The van der Waals surface area contributed by atoms with Crippen molar-refractivity contribution in [2.45, 2.75) is 57.0 Å². The summed E-state index contributed by atoms with van der Waals surface area (Å²) in [5.74, 6) is 0.973. The Kier molecular flexibility index (Phi) is 5.72. The fourth-order valence-electron chi connectivity index (χ4n) is 6.28. The molecular weight excluding hydrogens is 456 g/mol. The minimum absolute atomic E-state index is 0.0223. The average Bonchev–Trinajstić information content (AvgIpc) is 3.32. The molecular formula is C25H30N2O4S2. The number of nitrogens with one attached hydrogen (secondary N) is 1. The minimum atomic E-state index is -0.222. The van der Waals surface area contributed by atoms with Crippen molar-refractivity contribution < 1.29 is 19.1 Å². The standard InChI is InChI=1S/C25H30N2O4S2/c1-12-15-8-9-25(3)11-18-20(13(2)19(25)21(15)31-23(12)29)26-24(33-18)27-22(28)16-7-6-14(32-5)10-17(16)30-4/h6-7,10,12-13,15,19,21H,8-9,11H2,1-5H3,(H,26,27,28)/t12-,13+,15-,19+,21+,25+/m0/s1. The van der Waals surface area contributed by atoms with Crippen LogP contribution in [0.25, 0.3) is 0 Å². The van der Waals surface area contributed by atoms with Gasteiger partial charge in [-0.05, 0) is 49.1 Å². The Balaban J connectivity index is 1.41. The summed E-state index contributed by atoms with van der Waals surface area (Å²) in [6, 6.07) is 5.59. The quantitative estimate of drug-likeness (QED) is 0.462. The lowest BCUT2D eigenvalue weighted by Gasteiger charge is -2.51. The molecule has 0 radical (unpaired) electrons. The molecule has 1 amide bonds. The second-order valence-electron chi connectivity index (χ2n) is 9.89. The van der Waals surface area contributed by atoms with Gasteiger partial charge < -0.3 is 9.47 Å². The second-order valence-corrected chi connectivity index (χ2v) is 11.8. The van der Waals surface area contributed by atoms with Gasteiger partial charge in [0.25, 0.3) is 5.91 Å². The summed E-state index contributed by atoms with van der Waals surface area (Å²) in [5.41, 5.74) is 1.60. The highest BCUT2D eigenvalue weighted by atomic mass is 32.2. The van der Waals surface area contributed by atoms with Crippen LogP contribution in [0.1, 0.15) is 60.5 Å². The van der Waals surface area contributed by atoms with E-state index in [1.165, 1.54) is 4.88 Å². The fourth-order valence-corrected chi connectivity index (χ4v) is 7.97. The number of carbonyl (C=O) groups excluding carboxylic acids is 2. The number of aromatic nitrogens is 1. The molecule has 6 atom stereocenters. The summed E-state index contributed by atoms with van der Waals surface area (Å²) in [7, 11) is 1.58. The SMILES string of the molecule is COc1cc(SC)ccc1C(=O)Nc1nc2c(s1)C[C@@]1(C)CC[C@@H]3[C@@H](OC(=O)[C@H]3C)[C@H]1[C@H]2C. The van der Waals surface area contributed by atoms with Crippen LogP contribution in [0.15, 0.2) is 23.1 Å². The van der Waals surface area contributed by atoms with Crippen molar-refractivity contribution in [3.63, 3.8) is 0 Å². The largest absolute Gasteiger partial charge is 0.496 e. The van der Waals surface area contributed by atoms with Crippen LogP contribution in [0, 0.1) is 23.2 Å². The number of anilines is 1. The van der Waals surface area contributed by atoms with E-state index in [9.17, 15) is 9.59 Å². The molecule has 0 spiro atoms. The molecule has 1 aromatic carbocycles. The molecule has 5 rings (SSSR count). The maximum absolute atomic E-state index is 13.0. The van der Waals surface area contributed by atoms with Gasteiger partial charge in [-0.3, -0.25) is 14.9 Å². The third kappa shape index (κ3) is 3.66. The first kappa shape index (κ1) is 22.7. The summed E-state index contributed by atoms with van der Waals surface area (Å²) in [6.07, 6.45) is 4.98. The number of amides is 1. The molecule has 1 saturated carbocycles. The number of hydrogen-bond acceptors (Lipinski definition) is 7. The molecule has 1 N–H and O–H groups in total. The summed E-state index contributed by atoms with van der Waals surface area (Å²) in [4.78, 5) is 32.5. The molecule has 1 aromatic heterocycles. The molecule has 0 unspecified atom stereocenters. The van der Waals surface area contributed by atoms with Crippen LogP contribution in [0.2, 0.25) is 0 Å². The van der Waals surface area contributed by atoms with Crippen molar-refractivity contribution >= 4 is 40.1 Å². The molecule has 0 bridgehead atoms. The van der Waals surface area contributed by atoms with Crippen molar-refractivity contribution in [1.29, 1.82) is 0 Å². The monoisotopic (exact) mass is 486 g/mol. The summed E-state index contributed by atoms with van der Waals surface area (Å²) in [6.45, 7) is 6.54. The smallest absolute Gasteiger partial charge is 0.309 e. The van der Waals surface area contributed by atoms with Crippen LogP contribution in [0.4, 0.5) is 5.13 Å². The number of carbonyl (C=O) groups is 2. The number of rotatable bonds is 4. The Labute approximate surface area is 202 Å². The normalized spacial score (nSPS) is 32.4. The molecule has 1 saturated heterocycles. The van der Waals surface area contributed by atoms with Crippen molar-refractivity contribution in [2.24, 2.45) is 23.2 Å². The van der Waals surface area contributed by atoms with Crippen LogP contribution in [-0.4, -0.2) is 36.3 Å². The Morgan fingerprint density at radius 3 is 2.85 bits per heavy atom. The van der Waals surface area contributed by atoms with E-state index in [1.807, 2.05) is 25.3 Å². The lowest BCUT2D eigenvalue weighted by Crippen LogP contribution is -2.50. The van der Waals surface area contributed by atoms with E-state index in [2.05, 4.69) is 19.2 Å². The van der Waals surface area contributed by atoms with E-state index < -0.39 is 0 Å². The van der Waals surface area contributed by atoms with Gasteiger partial charge in [-0.1, -0.05) is 20.8 Å². The van der Waals surface area contributed by atoms with Gasteiger partial charge >= 0.3 is 5.97 Å². The molecule has 2 aromatic rings. The van der Waals surface area contributed by atoms with E-state index in [4.69, 9.17) is 14.5 Å². The topological polar surface area (TPSA) is 77.5 Å². The zero-order valence-corrected chi connectivity index (χ0v) is 21.3. The van der Waals surface area contributed by atoms with Crippen LogP contribution >= 0.6 is 23.1 Å². The van der Waals surface area contributed by atoms with E-state index in [1.54, 1.807) is 36.3 Å². The van der Waals surface area contributed by atoms with Crippen molar-refractivity contribution in [1.82, 2.24) is 4.98 Å². The predicted molar refractivity (Wildman–Crippen MR) is 130 cm³/mol. The van der Waals surface area contributed by atoms with E-state index >= 15 is 0 Å². The van der Waals surface area contributed by atoms with Crippen LogP contribution in [0.3, 0.4) is 0 Å². The maximum Gasteiger partial charge on any atom is 0.309 e. The van der Waals surface area contributed by atoms with Crippen molar-refractivity contribution in [2.75, 3.05) is 18.7 Å². The Hall–Kier alpha value is -2.06. The van der Waals surface area contributed by atoms with Gasteiger partial charge in [0.15, 0.2) is 5.13 Å². The molecule has 33 heavy (non-hydrogen) atoms. The lowest BCUT2D eigenvalue weighted by atomic mass is 9.54. The van der Waals surface area contributed by atoms with Gasteiger partial charge in [0.05, 0.1) is 24.3 Å². The van der Waals surface area contributed by atoms with Crippen LogP contribution in [0.5, 0.6) is 5.75 Å². The number of nitrogens with zero attached hydrogens (tertiary/aromatic N) is 1. The van der Waals surface area contributed by atoms with Gasteiger partial charge in [0.2, 0.25) is 0 Å². The highest BCUT2D eigenvalue weighted by molar-refractivity contribution is 7.98. The average molecular weight is 487 g/mol. The first-order valence-corrected chi connectivity index (χ1v) is 13.5. The Bertz CT molecular complexity index is 1120. The molecule has 6 nitrogen and oxygen atoms in total. The van der Waals surface area contributed by atoms with Crippen LogP contribution in [-0.2, 0) is 16.0 Å². The fraction of sp³-hybridized carbons (Fsp3) is 0.560. The number of thiazole rings is 1. The molecule has 8 heteroatoms. The first-order chi connectivity index (χ1) is 15.8. The Morgan fingerprint density at radius 1 is 1.33 bits per heavy atom. The van der Waals surface area contributed by atoms with E-state index in [-0.39, 0.29) is 41.1 Å². The van der Waals surface area contributed by atoms with Gasteiger partial charge in [-0.2, -0.15) is 0 Å². The van der Waals surface area contributed by atoms with Gasteiger partial charge in [-0.15, -0.1) is 23.1 Å². The summed E-state index contributed by atoms with van der Waals surface area (Å²) in [5, 5.41) is 3.61. The third-order valence-corrected chi connectivity index (χ3v) is 9.74. The van der Waals surface area contributed by atoms with E-state index in [0.717, 1.165) is 29.9 Å². The van der Waals surface area contributed by atoms with Gasteiger partial charge in [0, 0.05) is 27.5 Å². The number of esters is 1. The number of ether oxygens (including phenoxy) is 2. The molecule has 1 aliphatic heterocycles. The van der Waals surface area contributed by atoms with Crippen molar-refractivity contribution in [3.8, 4) is 5.75 Å². The second kappa shape index (κ2) is 8.31. The number of hydrogen-bond donors (Lipinski definition) is 1. The molecule has 176 valence electrons. The third-order valence-electron chi connectivity index (χ3n) is 8.03. The highest BCUT2D eigenvalue weighted by Crippen LogP contribution is 2.59. The van der Waals surface area contributed by atoms with Crippen LogP contribution < -0.4 is 10.1 Å². The van der Waals surface area contributed by atoms with Crippen molar-refractivity contribution in [3.05, 3.63) is 34.3 Å². The zero-order chi connectivity index (χ0) is 23.5. The van der Waals surface area contributed by atoms with E-state index in [0.29, 0.717) is 22.4 Å². The molecule has 3 aliphatic rings. The summed E-state index contributed by atoms with van der Waals surface area (Å²) < 4.78 is 11.4. The maximum atomic E-state index is 13.0. The zero-order valence-electron chi connectivity index (χ0n) is 19.6. The Morgan fingerprint density at radius 2 is 2.12 bits per heavy atom. The highest BCUT2D eigenvalue weighted by Gasteiger charge is 2.58. The number of benzene rings is 1. The number of fused-ring (bicyclic) bond motifs is 4. The molecule has 2 fully saturated rings. The van der Waals surface area contributed by atoms with Gasteiger partial charge in [0.1, 0.15) is 11.9 Å². The number of methoxy groups -OCH3 is 1. The first-order valence-electron chi connectivity index (χ1n) is 11.5. The number of thioether (sulfide) groups is 1. The molecule has 2 heterocycles. The minimum Gasteiger partial charge on any atom is -0.496 e. The lowest BCUT2D eigenvalue weighted by molar-refractivity contribution is -0.149. The van der Waals surface area contributed by atoms with Gasteiger partial charge in [-0.25, -0.2) is 4.98 Å². The molecule has 2 aliphatic carbocycles. The summed E-state index contributed by atoms with van der Waals surface area (Å²) >= 11 is 3.17.